The van der Waals surface area contributed by atoms with Crippen molar-refractivity contribution in [3.05, 3.63) is 29.8 Å². The molecular weight excluding hydrogens is 396 g/mol. The summed E-state index contributed by atoms with van der Waals surface area (Å²) in [7, 11) is -3.26. The first kappa shape index (κ1) is 22.1. The summed E-state index contributed by atoms with van der Waals surface area (Å²) in [6.07, 6.45) is 11.1. The highest BCUT2D eigenvalue weighted by molar-refractivity contribution is 7.92. The van der Waals surface area contributed by atoms with Gasteiger partial charge in [-0.2, -0.15) is 0 Å². The Balaban J connectivity index is 1.36. The first-order valence-electron chi connectivity index (χ1n) is 11.8. The molecule has 2 saturated carbocycles. The van der Waals surface area contributed by atoms with Crippen LogP contribution in [0.1, 0.15) is 70.3 Å². The van der Waals surface area contributed by atoms with Crippen molar-refractivity contribution in [3.63, 3.8) is 0 Å². The van der Waals surface area contributed by atoms with Gasteiger partial charge in [0.15, 0.2) is 0 Å². The average Bonchev–Trinajstić information content (AvgIpc) is 3.04. The smallest absolute Gasteiger partial charge is 0.229 e. The van der Waals surface area contributed by atoms with E-state index in [1.165, 1.54) is 31.1 Å². The Labute approximate surface area is 182 Å². The van der Waals surface area contributed by atoms with E-state index in [1.54, 1.807) is 0 Å². The molecule has 3 aliphatic rings. The maximum Gasteiger partial charge on any atom is 0.229 e. The summed E-state index contributed by atoms with van der Waals surface area (Å²) in [4.78, 5) is 2.59. The first-order chi connectivity index (χ1) is 14.3. The van der Waals surface area contributed by atoms with Gasteiger partial charge in [0, 0.05) is 24.2 Å². The molecule has 0 spiro atoms. The Hall–Kier alpha value is -1.11. The number of piperidine rings is 1. The van der Waals surface area contributed by atoms with Gasteiger partial charge in [0.2, 0.25) is 10.0 Å². The highest BCUT2D eigenvalue weighted by atomic mass is 32.2. The lowest BCUT2D eigenvalue weighted by Crippen LogP contribution is -2.34. The minimum Gasteiger partial charge on any atom is -0.390 e. The van der Waals surface area contributed by atoms with Crippen molar-refractivity contribution in [2.24, 2.45) is 11.8 Å². The van der Waals surface area contributed by atoms with Crippen LogP contribution in [0.4, 0.5) is 5.69 Å². The van der Waals surface area contributed by atoms with Crippen molar-refractivity contribution in [2.75, 3.05) is 30.6 Å². The van der Waals surface area contributed by atoms with E-state index in [0.717, 1.165) is 58.2 Å². The monoisotopic (exact) mass is 434 g/mol. The van der Waals surface area contributed by atoms with E-state index in [1.807, 2.05) is 12.1 Å². The lowest BCUT2D eigenvalue weighted by molar-refractivity contribution is -0.00722. The summed E-state index contributed by atoms with van der Waals surface area (Å²) in [6, 6.07) is 8.06. The lowest BCUT2D eigenvalue weighted by atomic mass is 9.81. The molecule has 1 heterocycles. The summed E-state index contributed by atoms with van der Waals surface area (Å²) in [5, 5.41) is 10.7. The molecule has 0 amide bonds. The third-order valence-corrected chi connectivity index (χ3v) is 8.48. The number of fused-ring (bicyclic) bond motifs is 1. The van der Waals surface area contributed by atoms with Gasteiger partial charge in [-0.05, 0) is 68.2 Å². The number of nitrogens with one attached hydrogen (secondary N) is 1. The van der Waals surface area contributed by atoms with Gasteiger partial charge in [0.1, 0.15) is 0 Å². The van der Waals surface area contributed by atoms with E-state index in [0.29, 0.717) is 17.5 Å². The van der Waals surface area contributed by atoms with Crippen LogP contribution in [0.15, 0.2) is 24.3 Å². The van der Waals surface area contributed by atoms with E-state index in [-0.39, 0.29) is 5.41 Å². The van der Waals surface area contributed by atoms with Crippen LogP contribution >= 0.6 is 0 Å². The van der Waals surface area contributed by atoms with E-state index in [9.17, 15) is 13.5 Å². The second-order valence-corrected chi connectivity index (χ2v) is 11.9. The standard InChI is InChI=1S/C24H38N2O3S/c1-3-11-24(19-9-7-10-20(16-19)25-30(2,28)29)21-17-26(18-22(21)24)15-8-14-23(27)12-5-4-6-13-23/h7,9-10,16,21-22,25,27H,3-6,8,11-15,17-18H2,1-2H3. The van der Waals surface area contributed by atoms with Crippen molar-refractivity contribution in [3.8, 4) is 0 Å². The number of likely N-dealkylation sites (tertiary alicyclic amines) is 1. The molecule has 2 N–H and O–H groups in total. The second-order valence-electron chi connectivity index (χ2n) is 10.1. The molecule has 0 bridgehead atoms. The summed E-state index contributed by atoms with van der Waals surface area (Å²) in [5.41, 5.74) is 1.78. The van der Waals surface area contributed by atoms with Gasteiger partial charge in [-0.3, -0.25) is 4.72 Å². The molecule has 2 atom stereocenters. The Bertz CT molecular complexity index is 836. The van der Waals surface area contributed by atoms with Gasteiger partial charge in [0.05, 0.1) is 11.9 Å². The second kappa shape index (κ2) is 8.44. The van der Waals surface area contributed by atoms with Crippen LogP contribution in [0.2, 0.25) is 0 Å². The van der Waals surface area contributed by atoms with Gasteiger partial charge in [-0.15, -0.1) is 0 Å². The topological polar surface area (TPSA) is 69.6 Å². The molecular formula is C24H38N2O3S. The van der Waals surface area contributed by atoms with E-state index in [4.69, 9.17) is 0 Å². The summed E-state index contributed by atoms with van der Waals surface area (Å²) in [5.74, 6) is 1.34. The highest BCUT2D eigenvalue weighted by Crippen LogP contribution is 2.66. The average molecular weight is 435 g/mol. The van der Waals surface area contributed by atoms with E-state index < -0.39 is 15.6 Å². The zero-order valence-corrected chi connectivity index (χ0v) is 19.4. The Kier molecular flexibility index (Phi) is 6.21. The number of benzene rings is 1. The fourth-order valence-corrected chi connectivity index (χ4v) is 7.09. The minimum atomic E-state index is -3.26. The Morgan fingerprint density at radius 2 is 1.83 bits per heavy atom. The Morgan fingerprint density at radius 3 is 2.47 bits per heavy atom. The number of aliphatic hydroxyl groups is 1. The Morgan fingerprint density at radius 1 is 1.13 bits per heavy atom. The van der Waals surface area contributed by atoms with Crippen LogP contribution in [-0.4, -0.2) is 49.9 Å². The van der Waals surface area contributed by atoms with Crippen LogP contribution in [0.25, 0.3) is 0 Å². The van der Waals surface area contributed by atoms with Crippen molar-refractivity contribution in [1.82, 2.24) is 4.90 Å². The van der Waals surface area contributed by atoms with E-state index in [2.05, 4.69) is 28.7 Å². The molecule has 5 nitrogen and oxygen atoms in total. The van der Waals surface area contributed by atoms with Crippen LogP contribution < -0.4 is 4.72 Å². The molecule has 30 heavy (non-hydrogen) atoms. The quantitative estimate of drug-likeness (QED) is 0.613. The normalized spacial score (nSPS) is 30.8. The van der Waals surface area contributed by atoms with Crippen molar-refractivity contribution in [2.45, 2.75) is 75.7 Å². The predicted octanol–water partition coefficient (Wildman–Crippen LogP) is 4.13. The molecule has 0 radical (unpaired) electrons. The van der Waals surface area contributed by atoms with Crippen LogP contribution in [0.5, 0.6) is 0 Å². The van der Waals surface area contributed by atoms with Crippen LogP contribution in [0.3, 0.4) is 0 Å². The fourth-order valence-electron chi connectivity index (χ4n) is 6.53. The van der Waals surface area contributed by atoms with Crippen LogP contribution in [0, 0.1) is 11.8 Å². The fraction of sp³-hybridized carbons (Fsp3) is 0.750. The molecule has 3 fully saturated rings. The number of hydrogen-bond donors (Lipinski definition) is 2. The third kappa shape index (κ3) is 4.56. The number of sulfonamides is 1. The number of rotatable bonds is 9. The van der Waals surface area contributed by atoms with Gasteiger partial charge in [0.25, 0.3) is 0 Å². The van der Waals surface area contributed by atoms with Gasteiger partial charge in [-0.1, -0.05) is 44.7 Å². The van der Waals surface area contributed by atoms with Gasteiger partial charge >= 0.3 is 0 Å². The molecule has 168 valence electrons. The summed E-state index contributed by atoms with van der Waals surface area (Å²) < 4.78 is 25.9. The third-order valence-electron chi connectivity index (χ3n) is 7.88. The van der Waals surface area contributed by atoms with Gasteiger partial charge in [-0.25, -0.2) is 8.42 Å². The minimum absolute atomic E-state index is 0.210. The van der Waals surface area contributed by atoms with E-state index >= 15 is 0 Å². The van der Waals surface area contributed by atoms with Gasteiger partial charge < -0.3 is 10.0 Å². The number of hydrogen-bond acceptors (Lipinski definition) is 4. The lowest BCUT2D eigenvalue weighted by Gasteiger charge is -2.33. The predicted molar refractivity (Wildman–Crippen MR) is 122 cm³/mol. The maximum atomic E-state index is 11.6. The molecule has 1 aromatic rings. The van der Waals surface area contributed by atoms with Crippen molar-refractivity contribution in [1.29, 1.82) is 0 Å². The zero-order chi connectivity index (χ0) is 21.4. The molecule has 2 unspecified atom stereocenters. The number of anilines is 1. The molecule has 0 aromatic heterocycles. The van der Waals surface area contributed by atoms with Crippen molar-refractivity contribution < 1.29 is 13.5 Å². The zero-order valence-electron chi connectivity index (χ0n) is 18.6. The molecule has 1 aliphatic heterocycles. The first-order valence-corrected chi connectivity index (χ1v) is 13.7. The highest BCUT2D eigenvalue weighted by Gasteiger charge is 2.67. The number of nitrogens with zero attached hydrogens (tertiary/aromatic N) is 1. The molecule has 1 saturated heterocycles. The molecule has 2 aliphatic carbocycles. The maximum absolute atomic E-state index is 11.6. The molecule has 1 aromatic carbocycles. The summed E-state index contributed by atoms with van der Waals surface area (Å²) >= 11 is 0. The van der Waals surface area contributed by atoms with Crippen LogP contribution in [-0.2, 0) is 15.4 Å². The molecule has 6 heteroatoms. The molecule has 4 rings (SSSR count). The van der Waals surface area contributed by atoms with Crippen molar-refractivity contribution >= 4 is 15.7 Å². The largest absolute Gasteiger partial charge is 0.390 e. The summed E-state index contributed by atoms with van der Waals surface area (Å²) in [6.45, 7) is 5.60. The SMILES string of the molecule is CCCC1(c2cccc(NS(C)(=O)=O)c2)C2CN(CCCC3(O)CCCCC3)CC21.